The Bertz CT molecular complexity index is 317. The summed E-state index contributed by atoms with van der Waals surface area (Å²) in [5.41, 5.74) is 1.06. The van der Waals surface area contributed by atoms with Crippen LogP contribution in [0, 0.1) is 0 Å². The predicted octanol–water partition coefficient (Wildman–Crippen LogP) is 2.03. The molecule has 4 heteroatoms. The highest BCUT2D eigenvalue weighted by molar-refractivity contribution is 5.35. The summed E-state index contributed by atoms with van der Waals surface area (Å²) in [5.74, 6) is 0.907. The fourth-order valence-corrected chi connectivity index (χ4v) is 1.40. The fourth-order valence-electron chi connectivity index (χ4n) is 1.40. The highest BCUT2D eigenvalue weighted by Gasteiger charge is 2.00. The molecule has 1 unspecified atom stereocenters. The van der Waals surface area contributed by atoms with Gasteiger partial charge >= 0.3 is 0 Å². The van der Waals surface area contributed by atoms with Gasteiger partial charge in [-0.2, -0.15) is 0 Å². The van der Waals surface area contributed by atoms with Gasteiger partial charge in [0.2, 0.25) is 0 Å². The van der Waals surface area contributed by atoms with Crippen LogP contribution in [0.4, 0.5) is 5.82 Å². The number of nitrogens with one attached hydrogen (secondary N) is 2. The van der Waals surface area contributed by atoms with Crippen molar-refractivity contribution in [2.45, 2.75) is 32.9 Å². The Kier molecular flexibility index (Phi) is 6.58. The van der Waals surface area contributed by atoms with Crippen LogP contribution >= 0.6 is 0 Å². The molecule has 96 valence electrons. The Morgan fingerprint density at radius 2 is 2.24 bits per heavy atom. The topological polar surface area (TPSA) is 46.2 Å². The molecule has 17 heavy (non-hydrogen) atoms. The third-order valence-corrected chi connectivity index (χ3v) is 2.51. The molecule has 0 spiro atoms. The Morgan fingerprint density at radius 3 is 2.94 bits per heavy atom. The zero-order chi connectivity index (χ0) is 12.5. The molecule has 4 nitrogen and oxygen atoms in total. The maximum absolute atomic E-state index is 5.18. The lowest BCUT2D eigenvalue weighted by Crippen LogP contribution is -2.19. The Hall–Kier alpha value is -1.13. The molecule has 2 N–H and O–H groups in total. The molecule has 0 saturated heterocycles. The summed E-state index contributed by atoms with van der Waals surface area (Å²) in [6, 6.07) is 6.04. The maximum Gasteiger partial charge on any atom is 0.126 e. The molecule has 0 fully saturated rings. The van der Waals surface area contributed by atoms with Crippen LogP contribution in [-0.2, 0) is 11.3 Å². The monoisotopic (exact) mass is 237 g/mol. The number of nitrogens with zero attached hydrogens (tertiary/aromatic N) is 1. The zero-order valence-electron chi connectivity index (χ0n) is 11.0. The lowest BCUT2D eigenvalue weighted by Gasteiger charge is -2.12. The number of methoxy groups -OCH3 is 1. The second-order valence-electron chi connectivity index (χ2n) is 4.12. The van der Waals surface area contributed by atoms with Gasteiger partial charge in [-0.1, -0.05) is 13.0 Å². The van der Waals surface area contributed by atoms with E-state index in [1.807, 2.05) is 25.1 Å². The average Bonchev–Trinajstić information content (AvgIpc) is 2.37. The van der Waals surface area contributed by atoms with Gasteiger partial charge in [0.25, 0.3) is 0 Å². The number of rotatable bonds is 8. The van der Waals surface area contributed by atoms with Crippen molar-refractivity contribution in [3.8, 4) is 0 Å². The molecule has 0 amide bonds. The second-order valence-corrected chi connectivity index (χ2v) is 4.12. The van der Waals surface area contributed by atoms with Crippen molar-refractivity contribution in [3.05, 3.63) is 23.9 Å². The van der Waals surface area contributed by atoms with E-state index in [1.54, 1.807) is 7.11 Å². The van der Waals surface area contributed by atoms with Gasteiger partial charge in [-0.15, -0.1) is 0 Å². The first-order valence-electron chi connectivity index (χ1n) is 6.19. The highest BCUT2D eigenvalue weighted by atomic mass is 16.5. The van der Waals surface area contributed by atoms with Crippen LogP contribution in [0.5, 0.6) is 0 Å². The van der Waals surface area contributed by atoms with Crippen molar-refractivity contribution >= 4 is 5.82 Å². The van der Waals surface area contributed by atoms with Crippen LogP contribution in [-0.4, -0.2) is 31.3 Å². The molecule has 1 aromatic heterocycles. The first-order chi connectivity index (χ1) is 8.26. The van der Waals surface area contributed by atoms with E-state index in [4.69, 9.17) is 4.74 Å². The lowest BCUT2D eigenvalue weighted by atomic mass is 10.3. The number of ether oxygens (including phenoxy) is 1. The van der Waals surface area contributed by atoms with Gasteiger partial charge in [-0.05, 0) is 32.0 Å². The first-order valence-corrected chi connectivity index (χ1v) is 6.19. The smallest absolute Gasteiger partial charge is 0.126 e. The summed E-state index contributed by atoms with van der Waals surface area (Å²) in [7, 11) is 1.71. The summed E-state index contributed by atoms with van der Waals surface area (Å²) in [5, 5.41) is 6.60. The summed E-state index contributed by atoms with van der Waals surface area (Å²) < 4.78 is 5.18. The van der Waals surface area contributed by atoms with Crippen LogP contribution < -0.4 is 10.6 Å². The van der Waals surface area contributed by atoms with E-state index in [-0.39, 0.29) is 6.10 Å². The van der Waals surface area contributed by atoms with Crippen molar-refractivity contribution in [2.75, 3.05) is 25.5 Å². The molecule has 1 rings (SSSR count). The van der Waals surface area contributed by atoms with Gasteiger partial charge in [0, 0.05) is 20.2 Å². The Morgan fingerprint density at radius 1 is 1.41 bits per heavy atom. The van der Waals surface area contributed by atoms with Crippen molar-refractivity contribution in [3.63, 3.8) is 0 Å². The quantitative estimate of drug-likeness (QED) is 0.679. The minimum absolute atomic E-state index is 0.193. The third-order valence-electron chi connectivity index (χ3n) is 2.51. The minimum atomic E-state index is 0.193. The van der Waals surface area contributed by atoms with Gasteiger partial charge in [0.1, 0.15) is 5.82 Å². The Labute approximate surface area is 104 Å². The fraction of sp³-hybridized carbons (Fsp3) is 0.615. The second kappa shape index (κ2) is 8.03. The van der Waals surface area contributed by atoms with E-state index in [0.29, 0.717) is 0 Å². The van der Waals surface area contributed by atoms with E-state index < -0.39 is 0 Å². The van der Waals surface area contributed by atoms with Gasteiger partial charge in [-0.25, -0.2) is 4.98 Å². The summed E-state index contributed by atoms with van der Waals surface area (Å²) in [6.07, 6.45) is 1.34. The SMILES string of the molecule is CCCNCc1cccc(NCC(C)OC)n1. The van der Waals surface area contributed by atoms with Crippen LogP contribution in [0.15, 0.2) is 18.2 Å². The van der Waals surface area contributed by atoms with Crippen LogP contribution in [0.1, 0.15) is 26.0 Å². The van der Waals surface area contributed by atoms with Crippen LogP contribution in [0.25, 0.3) is 0 Å². The van der Waals surface area contributed by atoms with Gasteiger partial charge in [0.15, 0.2) is 0 Å². The average molecular weight is 237 g/mol. The molecule has 1 heterocycles. The van der Waals surface area contributed by atoms with E-state index in [1.165, 1.54) is 0 Å². The number of hydrogen-bond donors (Lipinski definition) is 2. The van der Waals surface area contributed by atoms with Crippen molar-refractivity contribution in [2.24, 2.45) is 0 Å². The molecule has 1 atom stereocenters. The number of pyridine rings is 1. The predicted molar refractivity (Wildman–Crippen MR) is 71.2 cm³/mol. The van der Waals surface area contributed by atoms with E-state index in [2.05, 4.69) is 22.5 Å². The highest BCUT2D eigenvalue weighted by Crippen LogP contribution is 2.05. The Balaban J connectivity index is 2.42. The van der Waals surface area contributed by atoms with E-state index >= 15 is 0 Å². The largest absolute Gasteiger partial charge is 0.380 e. The number of anilines is 1. The van der Waals surface area contributed by atoms with Gasteiger partial charge in [0.05, 0.1) is 11.8 Å². The molecule has 0 aromatic carbocycles. The molecule has 0 aliphatic heterocycles. The molecule has 0 radical (unpaired) electrons. The molecule has 0 bridgehead atoms. The normalized spacial score (nSPS) is 12.4. The van der Waals surface area contributed by atoms with Crippen molar-refractivity contribution < 1.29 is 4.74 Å². The molecular formula is C13H23N3O. The zero-order valence-corrected chi connectivity index (χ0v) is 11.0. The van der Waals surface area contributed by atoms with Crippen molar-refractivity contribution in [1.82, 2.24) is 10.3 Å². The van der Waals surface area contributed by atoms with Crippen LogP contribution in [0.3, 0.4) is 0 Å². The molecular weight excluding hydrogens is 214 g/mol. The maximum atomic E-state index is 5.18. The molecule has 0 aliphatic rings. The summed E-state index contributed by atoms with van der Waals surface area (Å²) in [6.45, 7) is 6.81. The van der Waals surface area contributed by atoms with E-state index in [9.17, 15) is 0 Å². The summed E-state index contributed by atoms with van der Waals surface area (Å²) in [4.78, 5) is 4.52. The standard InChI is InChI=1S/C13H23N3O/c1-4-8-14-10-12-6-5-7-13(16-12)15-9-11(2)17-3/h5-7,11,14H,4,8-10H2,1-3H3,(H,15,16). The summed E-state index contributed by atoms with van der Waals surface area (Å²) >= 11 is 0. The van der Waals surface area contributed by atoms with E-state index in [0.717, 1.165) is 37.6 Å². The molecule has 0 aliphatic carbocycles. The molecule has 1 aromatic rings. The van der Waals surface area contributed by atoms with Gasteiger partial charge in [-0.3, -0.25) is 0 Å². The number of aromatic nitrogens is 1. The minimum Gasteiger partial charge on any atom is -0.380 e. The molecule has 0 saturated carbocycles. The van der Waals surface area contributed by atoms with Crippen LogP contribution in [0.2, 0.25) is 0 Å². The lowest BCUT2D eigenvalue weighted by molar-refractivity contribution is 0.128. The van der Waals surface area contributed by atoms with Gasteiger partial charge < -0.3 is 15.4 Å². The third kappa shape index (κ3) is 5.65. The van der Waals surface area contributed by atoms with Crippen molar-refractivity contribution in [1.29, 1.82) is 0 Å². The first kappa shape index (κ1) is 13.9. The number of hydrogen-bond acceptors (Lipinski definition) is 4.